The number of aliphatic hydroxyl groups excluding tert-OH is 1. The Morgan fingerprint density at radius 3 is 2.86 bits per heavy atom. The van der Waals surface area contributed by atoms with Crippen molar-refractivity contribution in [3.63, 3.8) is 0 Å². The second kappa shape index (κ2) is 4.47. The Labute approximate surface area is 80.5 Å². The molecule has 6 heteroatoms. The number of nitrogens with zero attached hydrogens (tertiary/aromatic N) is 2. The van der Waals surface area contributed by atoms with Crippen LogP contribution in [0.3, 0.4) is 0 Å². The lowest BCUT2D eigenvalue weighted by Crippen LogP contribution is -2.35. The molecule has 2 N–H and O–H groups in total. The molecule has 80 valence electrons. The minimum atomic E-state index is -3.05. The first kappa shape index (κ1) is 11.1. The molecule has 0 radical (unpaired) electrons. The van der Waals surface area contributed by atoms with E-state index in [1.54, 1.807) is 24.1 Å². The fraction of sp³-hybridized carbons (Fsp3) is 0.625. The number of aliphatic hydroxyl groups is 1. The van der Waals surface area contributed by atoms with E-state index in [1.807, 2.05) is 0 Å². The van der Waals surface area contributed by atoms with Gasteiger partial charge in [0, 0.05) is 25.4 Å². The van der Waals surface area contributed by atoms with Gasteiger partial charge in [0.05, 0.1) is 12.7 Å². The molecule has 0 saturated carbocycles. The lowest BCUT2D eigenvalue weighted by molar-refractivity contribution is -0.0477. The van der Waals surface area contributed by atoms with E-state index in [0.717, 1.165) is 5.56 Å². The number of aryl methyl sites for hydroxylation is 1. The molecule has 0 aliphatic heterocycles. The highest BCUT2D eigenvalue weighted by Crippen LogP contribution is 2.10. The summed E-state index contributed by atoms with van der Waals surface area (Å²) in [6.45, 7) is -1.34. The van der Waals surface area contributed by atoms with Crippen molar-refractivity contribution in [2.45, 2.75) is 12.5 Å². The highest BCUT2D eigenvalue weighted by Gasteiger charge is 2.26. The van der Waals surface area contributed by atoms with E-state index in [-0.39, 0.29) is 0 Å². The van der Waals surface area contributed by atoms with Crippen molar-refractivity contribution >= 4 is 0 Å². The average Bonchev–Trinajstić information content (AvgIpc) is 2.51. The molecule has 0 spiro atoms. The van der Waals surface area contributed by atoms with Gasteiger partial charge in [0.2, 0.25) is 0 Å². The molecular formula is C8H13F2N3O. The van der Waals surface area contributed by atoms with E-state index in [9.17, 15) is 8.78 Å². The molecule has 0 unspecified atom stereocenters. The van der Waals surface area contributed by atoms with Crippen LogP contribution in [-0.2, 0) is 13.6 Å². The van der Waals surface area contributed by atoms with Crippen LogP contribution in [0.25, 0.3) is 0 Å². The van der Waals surface area contributed by atoms with Gasteiger partial charge in [-0.15, -0.1) is 0 Å². The third kappa shape index (κ3) is 3.39. The van der Waals surface area contributed by atoms with Crippen molar-refractivity contribution in [3.8, 4) is 0 Å². The Bertz CT molecular complexity index is 288. The summed E-state index contributed by atoms with van der Waals surface area (Å²) in [6, 6.07) is 0. The van der Waals surface area contributed by atoms with Gasteiger partial charge < -0.3 is 10.4 Å². The van der Waals surface area contributed by atoms with Gasteiger partial charge in [-0.25, -0.2) is 8.78 Å². The number of hydrogen-bond donors (Lipinski definition) is 2. The van der Waals surface area contributed by atoms with Crippen LogP contribution in [0.5, 0.6) is 0 Å². The van der Waals surface area contributed by atoms with Crippen LogP contribution < -0.4 is 5.32 Å². The van der Waals surface area contributed by atoms with Crippen LogP contribution >= 0.6 is 0 Å². The second-order valence-electron chi connectivity index (χ2n) is 3.14. The molecule has 0 aliphatic carbocycles. The molecule has 0 aromatic carbocycles. The molecule has 0 bridgehead atoms. The van der Waals surface area contributed by atoms with E-state index >= 15 is 0 Å². The Hall–Kier alpha value is -1.01. The van der Waals surface area contributed by atoms with Gasteiger partial charge in [0.25, 0.3) is 5.92 Å². The number of alkyl halides is 2. The Kier molecular flexibility index (Phi) is 3.54. The minimum Gasteiger partial charge on any atom is -0.390 e. The maximum absolute atomic E-state index is 12.5. The molecule has 0 amide bonds. The van der Waals surface area contributed by atoms with E-state index in [4.69, 9.17) is 5.11 Å². The molecule has 14 heavy (non-hydrogen) atoms. The van der Waals surface area contributed by atoms with Crippen molar-refractivity contribution in [1.29, 1.82) is 0 Å². The molecule has 1 aromatic heterocycles. The van der Waals surface area contributed by atoms with Gasteiger partial charge in [0.15, 0.2) is 0 Å². The highest BCUT2D eigenvalue weighted by molar-refractivity contribution is 5.02. The molecule has 1 aromatic rings. The maximum atomic E-state index is 12.5. The van der Waals surface area contributed by atoms with Crippen LogP contribution in [0.15, 0.2) is 12.4 Å². The van der Waals surface area contributed by atoms with E-state index in [0.29, 0.717) is 6.54 Å². The standard InChI is InChI=1S/C8H13F2N3O/c1-13-4-7(3-12-13)2-11-5-8(9,10)6-14/h3-4,11,14H,2,5-6H2,1H3. The predicted octanol–water partition coefficient (Wildman–Crippen LogP) is 0.137. The molecule has 0 fully saturated rings. The Morgan fingerprint density at radius 1 is 1.64 bits per heavy atom. The SMILES string of the molecule is Cn1cc(CNCC(F)(F)CO)cn1. The zero-order valence-electron chi connectivity index (χ0n) is 7.87. The van der Waals surface area contributed by atoms with Gasteiger partial charge in [-0.3, -0.25) is 4.68 Å². The van der Waals surface area contributed by atoms with Crippen LogP contribution in [-0.4, -0.2) is 34.0 Å². The van der Waals surface area contributed by atoms with Gasteiger partial charge in [-0.2, -0.15) is 5.10 Å². The second-order valence-corrected chi connectivity index (χ2v) is 3.14. The molecule has 1 heterocycles. The number of rotatable bonds is 5. The van der Waals surface area contributed by atoms with Crippen molar-refractivity contribution in [3.05, 3.63) is 18.0 Å². The fourth-order valence-corrected chi connectivity index (χ4v) is 1.01. The zero-order valence-corrected chi connectivity index (χ0v) is 7.87. The van der Waals surface area contributed by atoms with Crippen LogP contribution in [0.4, 0.5) is 8.78 Å². The van der Waals surface area contributed by atoms with Gasteiger partial charge in [-0.1, -0.05) is 0 Å². The summed E-state index contributed by atoms with van der Waals surface area (Å²) >= 11 is 0. The number of aromatic nitrogens is 2. The van der Waals surface area contributed by atoms with Gasteiger partial charge in [-0.05, 0) is 0 Å². The molecule has 1 rings (SSSR count). The smallest absolute Gasteiger partial charge is 0.282 e. The summed E-state index contributed by atoms with van der Waals surface area (Å²) in [5.41, 5.74) is 0.834. The number of halogens is 2. The topological polar surface area (TPSA) is 50.1 Å². The molecule has 0 aliphatic rings. The molecule has 0 saturated heterocycles. The van der Waals surface area contributed by atoms with Crippen molar-refractivity contribution < 1.29 is 13.9 Å². The third-order valence-electron chi connectivity index (χ3n) is 1.70. The van der Waals surface area contributed by atoms with Crippen LogP contribution in [0.1, 0.15) is 5.56 Å². The molecule has 4 nitrogen and oxygen atoms in total. The summed E-state index contributed by atoms with van der Waals surface area (Å²) in [6.07, 6.45) is 3.34. The molecular weight excluding hydrogens is 192 g/mol. The Morgan fingerprint density at radius 2 is 2.36 bits per heavy atom. The fourth-order valence-electron chi connectivity index (χ4n) is 1.01. The van der Waals surface area contributed by atoms with E-state index in [1.165, 1.54) is 0 Å². The quantitative estimate of drug-likeness (QED) is 0.718. The lowest BCUT2D eigenvalue weighted by atomic mass is 10.3. The number of nitrogens with one attached hydrogen (secondary N) is 1. The summed E-state index contributed by atoms with van der Waals surface area (Å²) in [4.78, 5) is 0. The molecule has 0 atom stereocenters. The first-order valence-electron chi connectivity index (χ1n) is 4.20. The highest BCUT2D eigenvalue weighted by atomic mass is 19.3. The van der Waals surface area contributed by atoms with Crippen molar-refractivity contribution in [2.75, 3.05) is 13.2 Å². The first-order valence-corrected chi connectivity index (χ1v) is 4.20. The lowest BCUT2D eigenvalue weighted by Gasteiger charge is -2.13. The van der Waals surface area contributed by atoms with Gasteiger partial charge >= 0.3 is 0 Å². The average molecular weight is 205 g/mol. The van der Waals surface area contributed by atoms with Crippen LogP contribution in [0, 0.1) is 0 Å². The number of hydrogen-bond acceptors (Lipinski definition) is 3. The summed E-state index contributed by atoms with van der Waals surface area (Å²) in [5.74, 6) is -3.05. The first-order chi connectivity index (χ1) is 6.53. The van der Waals surface area contributed by atoms with Gasteiger partial charge in [0.1, 0.15) is 6.61 Å². The Balaban J connectivity index is 2.28. The zero-order chi connectivity index (χ0) is 10.6. The largest absolute Gasteiger partial charge is 0.390 e. The van der Waals surface area contributed by atoms with Crippen LogP contribution in [0.2, 0.25) is 0 Å². The van der Waals surface area contributed by atoms with Crippen molar-refractivity contribution in [1.82, 2.24) is 15.1 Å². The summed E-state index contributed by atoms with van der Waals surface area (Å²) in [5, 5.41) is 14.7. The summed E-state index contributed by atoms with van der Waals surface area (Å²) < 4.78 is 26.7. The minimum absolute atomic E-state index is 0.323. The summed E-state index contributed by atoms with van der Waals surface area (Å²) in [7, 11) is 1.76. The maximum Gasteiger partial charge on any atom is 0.282 e. The normalized spacial score (nSPS) is 12.0. The van der Waals surface area contributed by atoms with Crippen molar-refractivity contribution in [2.24, 2.45) is 7.05 Å². The predicted molar refractivity (Wildman–Crippen MR) is 46.9 cm³/mol. The van der Waals surface area contributed by atoms with E-state index < -0.39 is 19.1 Å². The third-order valence-corrected chi connectivity index (χ3v) is 1.70. The monoisotopic (exact) mass is 205 g/mol. The van der Waals surface area contributed by atoms with E-state index in [2.05, 4.69) is 10.4 Å².